The molecule has 0 aromatic carbocycles. The molecule has 0 saturated heterocycles. The van der Waals surface area contributed by atoms with Crippen LogP contribution in [-0.4, -0.2) is 38.9 Å². The van der Waals surface area contributed by atoms with Crippen molar-refractivity contribution >= 4 is 35.0 Å². The number of thioether (sulfide) groups is 1. The highest BCUT2D eigenvalue weighted by atomic mass is 32.2. The maximum Gasteiger partial charge on any atom is 0.327 e. The number of hydrogen-bond acceptors (Lipinski definition) is 7. The van der Waals surface area contributed by atoms with Crippen molar-refractivity contribution in [3.05, 3.63) is 23.3 Å². The van der Waals surface area contributed by atoms with Crippen molar-refractivity contribution < 1.29 is 19.2 Å². The van der Waals surface area contributed by atoms with Crippen LogP contribution in [0.15, 0.2) is 22.0 Å². The third-order valence-corrected chi connectivity index (χ3v) is 4.28. The van der Waals surface area contributed by atoms with Gasteiger partial charge in [0.1, 0.15) is 6.04 Å². The zero-order chi connectivity index (χ0) is 15.2. The summed E-state index contributed by atoms with van der Waals surface area (Å²) in [5.41, 5.74) is 0. The number of rotatable bonds is 7. The summed E-state index contributed by atoms with van der Waals surface area (Å²) in [5.74, 6) is 0.163. The van der Waals surface area contributed by atoms with E-state index in [1.807, 2.05) is 17.5 Å². The zero-order valence-electron chi connectivity index (χ0n) is 11.1. The molecule has 112 valence electrons. The van der Waals surface area contributed by atoms with Crippen molar-refractivity contribution in [2.75, 3.05) is 5.75 Å². The van der Waals surface area contributed by atoms with Crippen LogP contribution >= 0.6 is 23.1 Å². The van der Waals surface area contributed by atoms with Gasteiger partial charge in [0.25, 0.3) is 5.89 Å². The molecule has 0 fully saturated rings. The summed E-state index contributed by atoms with van der Waals surface area (Å²) in [5, 5.41) is 17.1. The fourth-order valence-corrected chi connectivity index (χ4v) is 3.02. The lowest BCUT2D eigenvalue weighted by atomic mass is 10.3. The molecule has 9 heteroatoms. The summed E-state index contributed by atoms with van der Waals surface area (Å²) in [4.78, 5) is 27.0. The second-order valence-corrected chi connectivity index (χ2v) is 6.08. The normalized spacial score (nSPS) is 12.0. The number of nitrogens with zero attached hydrogens (tertiary/aromatic N) is 2. The molecule has 0 saturated carbocycles. The Bertz CT molecular complexity index is 612. The molecule has 0 aliphatic rings. The van der Waals surface area contributed by atoms with Crippen LogP contribution in [0, 0.1) is 0 Å². The molecule has 2 rings (SSSR count). The van der Waals surface area contributed by atoms with Gasteiger partial charge in [0.2, 0.25) is 5.91 Å². The van der Waals surface area contributed by atoms with Gasteiger partial charge in [-0.15, -0.1) is 11.3 Å². The molecule has 2 aromatic heterocycles. The largest absolute Gasteiger partial charge is 0.480 e. The van der Waals surface area contributed by atoms with E-state index in [0.717, 1.165) is 4.88 Å². The van der Waals surface area contributed by atoms with E-state index in [1.54, 1.807) is 0 Å². The van der Waals surface area contributed by atoms with Crippen molar-refractivity contribution in [3.8, 4) is 10.8 Å². The molecule has 0 aliphatic carbocycles. The fraction of sp³-hybridized carbons (Fsp3) is 0.333. The quantitative estimate of drug-likeness (QED) is 0.796. The highest BCUT2D eigenvalue weighted by Crippen LogP contribution is 2.23. The summed E-state index contributed by atoms with van der Waals surface area (Å²) in [7, 11) is 0. The van der Waals surface area contributed by atoms with E-state index in [1.165, 1.54) is 30.0 Å². The van der Waals surface area contributed by atoms with Gasteiger partial charge in [-0.2, -0.15) is 16.7 Å². The molecule has 2 aromatic rings. The number of thiophene rings is 1. The third-order valence-electron chi connectivity index (χ3n) is 2.39. The summed E-state index contributed by atoms with van der Waals surface area (Å²) >= 11 is 2.82. The van der Waals surface area contributed by atoms with Gasteiger partial charge in [-0.3, -0.25) is 4.79 Å². The molecule has 21 heavy (non-hydrogen) atoms. The Kier molecular flexibility index (Phi) is 5.34. The predicted octanol–water partition coefficient (Wildman–Crippen LogP) is 1.62. The first-order valence-corrected chi connectivity index (χ1v) is 8.04. The maximum absolute atomic E-state index is 11.0. The van der Waals surface area contributed by atoms with Crippen molar-refractivity contribution in [1.29, 1.82) is 0 Å². The molecule has 0 bridgehead atoms. The smallest absolute Gasteiger partial charge is 0.327 e. The summed E-state index contributed by atoms with van der Waals surface area (Å²) in [6.07, 6.45) is 0. The molecular weight excluding hydrogens is 314 g/mol. The molecule has 0 spiro atoms. The van der Waals surface area contributed by atoms with E-state index < -0.39 is 12.0 Å². The molecular formula is C12H13N3O4S2. The minimum absolute atomic E-state index is 0.234. The molecule has 1 amide bonds. The predicted molar refractivity (Wildman–Crippen MR) is 79.0 cm³/mol. The number of aromatic nitrogens is 2. The van der Waals surface area contributed by atoms with Crippen LogP contribution in [0.5, 0.6) is 0 Å². The summed E-state index contributed by atoms with van der Waals surface area (Å²) < 4.78 is 5.13. The number of carboxylic acid groups (broad SMARTS) is 1. The summed E-state index contributed by atoms with van der Waals surface area (Å²) in [6.45, 7) is 1.28. The van der Waals surface area contributed by atoms with Crippen molar-refractivity contribution in [2.24, 2.45) is 0 Å². The number of aliphatic carboxylic acids is 1. The van der Waals surface area contributed by atoms with Gasteiger partial charge < -0.3 is 14.9 Å². The standard InChI is InChI=1S/C12H13N3O4S2/c1-7(16)13-8(12(17)18)5-20-6-10-14-11(19-15-10)9-3-2-4-21-9/h2-4,8H,5-6H2,1H3,(H,13,16)(H,17,18)/t8-/m0/s1. The van der Waals surface area contributed by atoms with E-state index in [2.05, 4.69) is 15.5 Å². The molecule has 0 unspecified atom stereocenters. The van der Waals surface area contributed by atoms with Gasteiger partial charge in [-0.1, -0.05) is 11.2 Å². The van der Waals surface area contributed by atoms with E-state index >= 15 is 0 Å². The first kappa shape index (κ1) is 15.5. The number of carbonyl (C=O) groups is 2. The SMILES string of the molecule is CC(=O)N[C@@H](CSCc1noc(-c2cccs2)n1)C(=O)O. The number of carbonyl (C=O) groups excluding carboxylic acids is 1. The maximum atomic E-state index is 11.0. The number of hydrogen-bond donors (Lipinski definition) is 2. The van der Waals surface area contributed by atoms with Crippen LogP contribution < -0.4 is 5.32 Å². The second-order valence-electron chi connectivity index (χ2n) is 4.10. The Morgan fingerprint density at radius 2 is 2.38 bits per heavy atom. The lowest BCUT2D eigenvalue weighted by molar-refractivity contribution is -0.140. The van der Waals surface area contributed by atoms with Gasteiger partial charge in [-0.25, -0.2) is 4.79 Å². The lowest BCUT2D eigenvalue weighted by Crippen LogP contribution is -2.41. The molecule has 0 radical (unpaired) electrons. The molecule has 2 heterocycles. The molecule has 1 atom stereocenters. The van der Waals surface area contributed by atoms with Gasteiger partial charge in [0, 0.05) is 12.7 Å². The van der Waals surface area contributed by atoms with Crippen LogP contribution in [0.25, 0.3) is 10.8 Å². The summed E-state index contributed by atoms with van der Waals surface area (Å²) in [6, 6.07) is 2.85. The second kappa shape index (κ2) is 7.23. The average molecular weight is 327 g/mol. The van der Waals surface area contributed by atoms with Gasteiger partial charge in [-0.05, 0) is 11.4 Å². The Morgan fingerprint density at radius 3 is 3.00 bits per heavy atom. The van der Waals surface area contributed by atoms with Crippen molar-refractivity contribution in [2.45, 2.75) is 18.7 Å². The van der Waals surface area contributed by atoms with E-state index in [4.69, 9.17) is 9.63 Å². The highest BCUT2D eigenvalue weighted by molar-refractivity contribution is 7.98. The van der Waals surface area contributed by atoms with Crippen LogP contribution in [0.1, 0.15) is 12.7 Å². The van der Waals surface area contributed by atoms with Gasteiger partial charge >= 0.3 is 5.97 Å². The minimum Gasteiger partial charge on any atom is -0.480 e. The fourth-order valence-electron chi connectivity index (χ4n) is 1.50. The van der Waals surface area contributed by atoms with Crippen LogP contribution in [0.2, 0.25) is 0 Å². The van der Waals surface area contributed by atoms with E-state index in [9.17, 15) is 9.59 Å². The van der Waals surface area contributed by atoms with Crippen LogP contribution in [0.3, 0.4) is 0 Å². The van der Waals surface area contributed by atoms with Crippen molar-refractivity contribution in [3.63, 3.8) is 0 Å². The van der Waals surface area contributed by atoms with Gasteiger partial charge in [0.05, 0.1) is 10.6 Å². The Morgan fingerprint density at radius 1 is 1.57 bits per heavy atom. The Balaban J connectivity index is 1.85. The Hall–Kier alpha value is -1.87. The van der Waals surface area contributed by atoms with Crippen molar-refractivity contribution in [1.82, 2.24) is 15.5 Å². The first-order valence-electron chi connectivity index (χ1n) is 6.00. The highest BCUT2D eigenvalue weighted by Gasteiger charge is 2.18. The topological polar surface area (TPSA) is 105 Å². The first-order chi connectivity index (χ1) is 10.1. The molecule has 7 nitrogen and oxygen atoms in total. The molecule has 0 aliphatic heterocycles. The average Bonchev–Trinajstić information content (AvgIpc) is 3.07. The number of carboxylic acids is 1. The third kappa shape index (κ3) is 4.57. The number of nitrogens with one attached hydrogen (secondary N) is 1. The monoisotopic (exact) mass is 327 g/mol. The minimum atomic E-state index is -1.06. The number of amides is 1. The lowest BCUT2D eigenvalue weighted by Gasteiger charge is -2.11. The van der Waals surface area contributed by atoms with E-state index in [-0.39, 0.29) is 11.7 Å². The van der Waals surface area contributed by atoms with Crippen LogP contribution in [0.4, 0.5) is 0 Å². The van der Waals surface area contributed by atoms with Crippen LogP contribution in [-0.2, 0) is 15.3 Å². The van der Waals surface area contributed by atoms with E-state index in [0.29, 0.717) is 17.5 Å². The molecule has 2 N–H and O–H groups in total. The van der Waals surface area contributed by atoms with Gasteiger partial charge in [0.15, 0.2) is 5.82 Å². The zero-order valence-corrected chi connectivity index (χ0v) is 12.7. The Labute approximate surface area is 128 Å².